The number of nitrogens with one attached hydrogen (secondary N) is 2. The van der Waals surface area contributed by atoms with Gasteiger partial charge in [0.15, 0.2) is 0 Å². The van der Waals surface area contributed by atoms with Crippen LogP contribution >= 0.6 is 23.2 Å². The number of hydrogen-bond donors (Lipinski definition) is 3. The first-order valence-electron chi connectivity index (χ1n) is 9.95. The molecule has 0 aliphatic rings. The summed E-state index contributed by atoms with van der Waals surface area (Å²) in [5.41, 5.74) is 0.771. The SMILES string of the molecule is O=C(N[C@@H](Cn1cc(CCCCNc2ccccn2)nn1)C(=O)O)c1c(Cl)cccc1Cl. The number of carboxylic acid groups (broad SMARTS) is 1. The number of aryl methyl sites for hydroxylation is 1. The topological polar surface area (TPSA) is 122 Å². The van der Waals surface area contributed by atoms with Gasteiger partial charge in [0.2, 0.25) is 0 Å². The number of amides is 1. The molecule has 11 heteroatoms. The van der Waals surface area contributed by atoms with E-state index < -0.39 is 17.9 Å². The maximum Gasteiger partial charge on any atom is 0.328 e. The Balaban J connectivity index is 1.49. The number of halogens is 2. The van der Waals surface area contributed by atoms with Crippen LogP contribution in [-0.4, -0.2) is 49.5 Å². The van der Waals surface area contributed by atoms with E-state index >= 15 is 0 Å². The summed E-state index contributed by atoms with van der Waals surface area (Å²) in [6.07, 6.45) is 5.90. The summed E-state index contributed by atoms with van der Waals surface area (Å²) in [4.78, 5) is 28.4. The molecule has 0 spiro atoms. The molecule has 1 aromatic carbocycles. The summed E-state index contributed by atoms with van der Waals surface area (Å²) in [5.74, 6) is -1.05. The van der Waals surface area contributed by atoms with Gasteiger partial charge in [0, 0.05) is 18.9 Å². The Labute approximate surface area is 194 Å². The van der Waals surface area contributed by atoms with Crippen LogP contribution in [0.25, 0.3) is 0 Å². The van der Waals surface area contributed by atoms with Crippen LogP contribution in [0.15, 0.2) is 48.8 Å². The van der Waals surface area contributed by atoms with Crippen LogP contribution in [0.1, 0.15) is 28.9 Å². The highest BCUT2D eigenvalue weighted by Gasteiger charge is 2.24. The Bertz CT molecular complexity index is 1040. The molecule has 2 aromatic heterocycles. The molecule has 0 aliphatic carbocycles. The van der Waals surface area contributed by atoms with Gasteiger partial charge >= 0.3 is 5.97 Å². The Kier molecular flexibility index (Phi) is 8.41. The normalized spacial score (nSPS) is 11.7. The number of nitrogens with zero attached hydrogens (tertiary/aromatic N) is 4. The summed E-state index contributed by atoms with van der Waals surface area (Å²) in [5, 5.41) is 23.5. The number of unbranched alkanes of at least 4 members (excludes halogenated alkanes) is 1. The molecule has 2 heterocycles. The first-order chi connectivity index (χ1) is 15.4. The minimum atomic E-state index is -1.23. The molecule has 0 unspecified atom stereocenters. The number of carbonyl (C=O) groups is 2. The largest absolute Gasteiger partial charge is 0.480 e. The van der Waals surface area contributed by atoms with Crippen LogP contribution in [0.4, 0.5) is 5.82 Å². The predicted molar refractivity (Wildman–Crippen MR) is 121 cm³/mol. The molecular weight excluding hydrogens is 455 g/mol. The number of aromatic nitrogens is 4. The van der Waals surface area contributed by atoms with Gasteiger partial charge in [0.1, 0.15) is 11.9 Å². The van der Waals surface area contributed by atoms with Crippen molar-refractivity contribution in [3.8, 4) is 0 Å². The van der Waals surface area contributed by atoms with Crippen molar-refractivity contribution in [3.05, 3.63) is 70.1 Å². The average Bonchev–Trinajstić information content (AvgIpc) is 3.21. The average molecular weight is 477 g/mol. The zero-order chi connectivity index (χ0) is 22.9. The maximum absolute atomic E-state index is 12.5. The summed E-state index contributed by atoms with van der Waals surface area (Å²) in [6, 6.07) is 9.07. The quantitative estimate of drug-likeness (QED) is 0.362. The smallest absolute Gasteiger partial charge is 0.328 e. The van der Waals surface area contributed by atoms with Crippen molar-refractivity contribution >= 4 is 40.9 Å². The van der Waals surface area contributed by atoms with Gasteiger partial charge in [-0.15, -0.1) is 5.10 Å². The molecule has 32 heavy (non-hydrogen) atoms. The Hall–Kier alpha value is -3.17. The molecule has 0 radical (unpaired) electrons. The molecular formula is C21H22Cl2N6O3. The van der Waals surface area contributed by atoms with Crippen LogP contribution in [-0.2, 0) is 17.8 Å². The molecule has 168 valence electrons. The van der Waals surface area contributed by atoms with E-state index in [4.69, 9.17) is 23.2 Å². The number of carbonyl (C=O) groups excluding carboxylic acids is 1. The van der Waals surface area contributed by atoms with Gasteiger partial charge in [-0.25, -0.2) is 14.5 Å². The monoisotopic (exact) mass is 476 g/mol. The lowest BCUT2D eigenvalue weighted by atomic mass is 10.2. The van der Waals surface area contributed by atoms with Gasteiger partial charge in [-0.05, 0) is 43.5 Å². The molecule has 9 nitrogen and oxygen atoms in total. The van der Waals surface area contributed by atoms with Crippen molar-refractivity contribution in [2.45, 2.75) is 31.8 Å². The van der Waals surface area contributed by atoms with Crippen molar-refractivity contribution in [1.82, 2.24) is 25.3 Å². The highest BCUT2D eigenvalue weighted by Crippen LogP contribution is 2.24. The van der Waals surface area contributed by atoms with E-state index in [1.165, 1.54) is 16.8 Å². The second kappa shape index (κ2) is 11.4. The molecule has 0 saturated carbocycles. The molecule has 0 bridgehead atoms. The standard InChI is InChI=1S/C21H22Cl2N6O3/c22-15-7-5-8-16(23)19(15)20(30)26-17(21(31)32)13-29-12-14(27-28-29)6-1-3-10-24-18-9-2-4-11-25-18/h2,4-5,7-9,11-12,17H,1,3,6,10,13H2,(H,24,25)(H,26,30)(H,31,32)/t17-/m0/s1. The lowest BCUT2D eigenvalue weighted by molar-refractivity contribution is -0.139. The molecule has 0 aliphatic heterocycles. The van der Waals surface area contributed by atoms with Crippen molar-refractivity contribution < 1.29 is 14.7 Å². The first-order valence-corrected chi connectivity index (χ1v) is 10.7. The maximum atomic E-state index is 12.5. The van der Waals surface area contributed by atoms with E-state index in [1.807, 2.05) is 18.2 Å². The van der Waals surface area contributed by atoms with Crippen LogP contribution in [0.2, 0.25) is 10.0 Å². The highest BCUT2D eigenvalue weighted by molar-refractivity contribution is 6.39. The predicted octanol–water partition coefficient (Wildman–Crippen LogP) is 3.30. The van der Waals surface area contributed by atoms with E-state index in [2.05, 4.69) is 25.9 Å². The third-order valence-corrected chi connectivity index (χ3v) is 5.21. The Morgan fingerprint density at radius 3 is 2.56 bits per heavy atom. The summed E-state index contributed by atoms with van der Waals surface area (Å²) in [7, 11) is 0. The van der Waals surface area contributed by atoms with Gasteiger partial charge in [-0.2, -0.15) is 0 Å². The Morgan fingerprint density at radius 2 is 1.88 bits per heavy atom. The van der Waals surface area contributed by atoms with Gasteiger partial charge in [-0.1, -0.05) is 40.5 Å². The van der Waals surface area contributed by atoms with Gasteiger partial charge in [0.25, 0.3) is 5.91 Å². The molecule has 3 rings (SSSR count). The fourth-order valence-electron chi connectivity index (χ4n) is 2.97. The van der Waals surface area contributed by atoms with Gasteiger partial charge < -0.3 is 15.7 Å². The number of rotatable bonds is 11. The molecule has 3 N–H and O–H groups in total. The lowest BCUT2D eigenvalue weighted by Gasteiger charge is -2.15. The first kappa shape index (κ1) is 23.5. The van der Waals surface area contributed by atoms with E-state index in [-0.39, 0.29) is 22.2 Å². The van der Waals surface area contributed by atoms with Gasteiger partial charge in [-0.3, -0.25) is 4.79 Å². The second-order valence-corrected chi connectivity index (χ2v) is 7.81. The van der Waals surface area contributed by atoms with Crippen molar-refractivity contribution in [2.75, 3.05) is 11.9 Å². The minimum Gasteiger partial charge on any atom is -0.480 e. The zero-order valence-corrected chi connectivity index (χ0v) is 18.6. The number of benzene rings is 1. The van der Waals surface area contributed by atoms with Crippen LogP contribution < -0.4 is 10.6 Å². The minimum absolute atomic E-state index is 0.0284. The van der Waals surface area contributed by atoms with E-state index in [0.29, 0.717) is 6.42 Å². The number of anilines is 1. The lowest BCUT2D eigenvalue weighted by Crippen LogP contribution is -2.44. The molecule has 0 fully saturated rings. The second-order valence-electron chi connectivity index (χ2n) is 6.99. The Morgan fingerprint density at radius 1 is 1.09 bits per heavy atom. The fraction of sp³-hybridized carbons (Fsp3) is 0.286. The molecule has 1 amide bonds. The summed E-state index contributed by atoms with van der Waals surface area (Å²) < 4.78 is 1.40. The number of pyridine rings is 1. The molecule has 0 saturated heterocycles. The summed E-state index contributed by atoms with van der Waals surface area (Å²) >= 11 is 12.1. The molecule has 3 aromatic rings. The third kappa shape index (κ3) is 6.66. The van der Waals surface area contributed by atoms with Crippen LogP contribution in [0.5, 0.6) is 0 Å². The van der Waals surface area contributed by atoms with Crippen molar-refractivity contribution in [3.63, 3.8) is 0 Å². The number of carboxylic acids is 1. The van der Waals surface area contributed by atoms with Crippen LogP contribution in [0.3, 0.4) is 0 Å². The van der Waals surface area contributed by atoms with Gasteiger partial charge in [0.05, 0.1) is 27.8 Å². The number of hydrogen-bond acceptors (Lipinski definition) is 6. The van der Waals surface area contributed by atoms with E-state index in [0.717, 1.165) is 30.9 Å². The molecule has 1 atom stereocenters. The fourth-order valence-corrected chi connectivity index (χ4v) is 3.54. The highest BCUT2D eigenvalue weighted by atomic mass is 35.5. The third-order valence-electron chi connectivity index (χ3n) is 4.58. The van der Waals surface area contributed by atoms with Crippen molar-refractivity contribution in [2.24, 2.45) is 0 Å². The van der Waals surface area contributed by atoms with E-state index in [9.17, 15) is 14.7 Å². The van der Waals surface area contributed by atoms with E-state index in [1.54, 1.807) is 18.5 Å². The number of aliphatic carboxylic acids is 1. The zero-order valence-electron chi connectivity index (χ0n) is 17.0. The van der Waals surface area contributed by atoms with Crippen molar-refractivity contribution in [1.29, 1.82) is 0 Å². The summed E-state index contributed by atoms with van der Waals surface area (Å²) in [6.45, 7) is 0.695. The van der Waals surface area contributed by atoms with Crippen LogP contribution in [0, 0.1) is 0 Å².